The minimum Gasteiger partial charge on any atom is -0.387 e. The molecule has 3 heteroatoms. The van der Waals surface area contributed by atoms with Crippen molar-refractivity contribution in [3.05, 3.63) is 29.3 Å². The third kappa shape index (κ3) is 1.38. The Morgan fingerprint density at radius 1 is 1.50 bits per heavy atom. The summed E-state index contributed by atoms with van der Waals surface area (Å²) in [6.07, 6.45) is -0.527. The molecule has 0 radical (unpaired) electrons. The summed E-state index contributed by atoms with van der Waals surface area (Å²) in [5.41, 5.74) is 9.04. The van der Waals surface area contributed by atoms with Crippen LogP contribution in [-0.4, -0.2) is 24.7 Å². The number of nitrogens with two attached hydrogens (primary N) is 1. The summed E-state index contributed by atoms with van der Waals surface area (Å²) >= 11 is 0. The third-order valence-corrected chi connectivity index (χ3v) is 2.80. The van der Waals surface area contributed by atoms with Gasteiger partial charge in [-0.25, -0.2) is 0 Å². The predicted octanol–water partition coefficient (Wildman–Crippen LogP) is 0.806. The number of rotatable bonds is 0. The Morgan fingerprint density at radius 2 is 2.21 bits per heavy atom. The molecule has 76 valence electrons. The lowest BCUT2D eigenvalue weighted by molar-refractivity contribution is 0.143. The molecule has 1 aliphatic rings. The SMILES string of the molecule is Cc1ccc2c(c1)[C@H](O)[C@@H](N)CN2C. The molecule has 2 atom stereocenters. The smallest absolute Gasteiger partial charge is 0.0978 e. The van der Waals surface area contributed by atoms with E-state index in [0.717, 1.165) is 16.8 Å². The van der Waals surface area contributed by atoms with E-state index in [-0.39, 0.29) is 6.04 Å². The van der Waals surface area contributed by atoms with Gasteiger partial charge in [-0.2, -0.15) is 0 Å². The molecule has 1 aliphatic heterocycles. The quantitative estimate of drug-likeness (QED) is 0.639. The Hall–Kier alpha value is -1.06. The first-order valence-electron chi connectivity index (χ1n) is 4.85. The second-order valence-corrected chi connectivity index (χ2v) is 4.05. The fourth-order valence-electron chi connectivity index (χ4n) is 2.00. The van der Waals surface area contributed by atoms with E-state index in [1.165, 1.54) is 0 Å². The van der Waals surface area contributed by atoms with E-state index >= 15 is 0 Å². The average Bonchev–Trinajstić information content (AvgIpc) is 2.14. The fourth-order valence-corrected chi connectivity index (χ4v) is 2.00. The Bertz CT molecular complexity index is 351. The van der Waals surface area contributed by atoms with E-state index in [1.54, 1.807) is 0 Å². The standard InChI is InChI=1S/C11H16N2O/c1-7-3-4-10-8(5-7)11(14)9(12)6-13(10)2/h3-5,9,11,14H,6,12H2,1-2H3/t9-,11-/m0/s1. The number of aliphatic hydroxyl groups is 1. The molecule has 1 heterocycles. The number of fused-ring (bicyclic) bond motifs is 1. The maximum Gasteiger partial charge on any atom is 0.0978 e. The normalized spacial score (nSPS) is 26.1. The van der Waals surface area contributed by atoms with Crippen molar-refractivity contribution in [1.82, 2.24) is 0 Å². The summed E-state index contributed by atoms with van der Waals surface area (Å²) in [6, 6.07) is 5.92. The zero-order valence-electron chi connectivity index (χ0n) is 8.57. The minimum absolute atomic E-state index is 0.186. The number of hydrogen-bond acceptors (Lipinski definition) is 3. The zero-order valence-corrected chi connectivity index (χ0v) is 8.57. The van der Waals surface area contributed by atoms with Crippen molar-refractivity contribution in [2.75, 3.05) is 18.5 Å². The molecular formula is C11H16N2O. The summed E-state index contributed by atoms with van der Waals surface area (Å²) in [5.74, 6) is 0. The van der Waals surface area contributed by atoms with Gasteiger partial charge in [-0.1, -0.05) is 17.7 Å². The maximum absolute atomic E-state index is 9.92. The number of hydrogen-bond donors (Lipinski definition) is 2. The zero-order chi connectivity index (χ0) is 10.3. The van der Waals surface area contributed by atoms with E-state index in [2.05, 4.69) is 11.0 Å². The van der Waals surface area contributed by atoms with Gasteiger partial charge >= 0.3 is 0 Å². The molecule has 1 aromatic carbocycles. The lowest BCUT2D eigenvalue weighted by Gasteiger charge is -2.35. The van der Waals surface area contributed by atoms with Gasteiger partial charge in [-0.3, -0.25) is 0 Å². The number of aliphatic hydroxyl groups excluding tert-OH is 1. The van der Waals surface area contributed by atoms with Gasteiger partial charge in [0.15, 0.2) is 0 Å². The second-order valence-electron chi connectivity index (χ2n) is 4.05. The molecule has 0 amide bonds. The van der Waals surface area contributed by atoms with Gasteiger partial charge < -0.3 is 15.7 Å². The van der Waals surface area contributed by atoms with Gasteiger partial charge in [0, 0.05) is 24.8 Å². The van der Waals surface area contributed by atoms with Crippen molar-refractivity contribution >= 4 is 5.69 Å². The maximum atomic E-state index is 9.92. The van der Waals surface area contributed by atoms with Crippen molar-refractivity contribution in [3.8, 4) is 0 Å². The van der Waals surface area contributed by atoms with Crippen LogP contribution < -0.4 is 10.6 Å². The highest BCUT2D eigenvalue weighted by Crippen LogP contribution is 2.32. The molecule has 1 aromatic rings. The molecule has 0 aliphatic carbocycles. The first-order valence-corrected chi connectivity index (χ1v) is 4.85. The second kappa shape index (κ2) is 3.26. The number of anilines is 1. The largest absolute Gasteiger partial charge is 0.387 e. The van der Waals surface area contributed by atoms with Crippen LogP contribution in [0.1, 0.15) is 17.2 Å². The van der Waals surface area contributed by atoms with Gasteiger partial charge in [0.05, 0.1) is 12.1 Å². The molecule has 3 nitrogen and oxygen atoms in total. The van der Waals surface area contributed by atoms with Crippen LogP contribution >= 0.6 is 0 Å². The highest BCUT2D eigenvalue weighted by atomic mass is 16.3. The van der Waals surface area contributed by atoms with Crippen LogP contribution in [0.2, 0.25) is 0 Å². The van der Waals surface area contributed by atoms with Crippen LogP contribution in [0, 0.1) is 6.92 Å². The molecule has 14 heavy (non-hydrogen) atoms. The van der Waals surface area contributed by atoms with Crippen molar-refractivity contribution in [3.63, 3.8) is 0 Å². The van der Waals surface area contributed by atoms with Crippen LogP contribution in [-0.2, 0) is 0 Å². The van der Waals surface area contributed by atoms with Crippen molar-refractivity contribution in [2.24, 2.45) is 5.73 Å². The topological polar surface area (TPSA) is 49.5 Å². The van der Waals surface area contributed by atoms with E-state index in [0.29, 0.717) is 6.54 Å². The van der Waals surface area contributed by atoms with Crippen LogP contribution in [0.4, 0.5) is 5.69 Å². The Balaban J connectivity index is 2.51. The third-order valence-electron chi connectivity index (χ3n) is 2.80. The molecule has 0 saturated heterocycles. The summed E-state index contributed by atoms with van der Waals surface area (Å²) in [6.45, 7) is 2.73. The van der Waals surface area contributed by atoms with Gasteiger partial charge in [0.2, 0.25) is 0 Å². The van der Waals surface area contributed by atoms with Crippen LogP contribution in [0.5, 0.6) is 0 Å². The molecule has 3 N–H and O–H groups in total. The lowest BCUT2D eigenvalue weighted by Crippen LogP contribution is -2.44. The Labute approximate surface area is 84.1 Å². The Morgan fingerprint density at radius 3 is 2.93 bits per heavy atom. The predicted molar refractivity (Wildman–Crippen MR) is 57.4 cm³/mol. The molecular weight excluding hydrogens is 176 g/mol. The number of likely N-dealkylation sites (N-methyl/N-ethyl adjacent to an activating group) is 1. The van der Waals surface area contributed by atoms with E-state index < -0.39 is 6.10 Å². The highest BCUT2D eigenvalue weighted by Gasteiger charge is 2.27. The summed E-state index contributed by atoms with van der Waals surface area (Å²) in [7, 11) is 2.00. The summed E-state index contributed by atoms with van der Waals surface area (Å²) in [5, 5.41) is 9.92. The molecule has 0 saturated carbocycles. The van der Waals surface area contributed by atoms with Gasteiger partial charge in [-0.15, -0.1) is 0 Å². The van der Waals surface area contributed by atoms with Gasteiger partial charge in [0.1, 0.15) is 0 Å². The van der Waals surface area contributed by atoms with Crippen molar-refractivity contribution < 1.29 is 5.11 Å². The highest BCUT2D eigenvalue weighted by molar-refractivity contribution is 5.58. The summed E-state index contributed by atoms with van der Waals surface area (Å²) in [4.78, 5) is 2.09. The molecule has 0 unspecified atom stereocenters. The van der Waals surface area contributed by atoms with Crippen LogP contribution in [0.15, 0.2) is 18.2 Å². The monoisotopic (exact) mass is 192 g/mol. The Kier molecular flexibility index (Phi) is 2.21. The van der Waals surface area contributed by atoms with Gasteiger partial charge in [0.25, 0.3) is 0 Å². The molecule has 0 fully saturated rings. The number of nitrogens with zero attached hydrogens (tertiary/aromatic N) is 1. The fraction of sp³-hybridized carbons (Fsp3) is 0.455. The van der Waals surface area contributed by atoms with Crippen LogP contribution in [0.3, 0.4) is 0 Å². The number of benzene rings is 1. The van der Waals surface area contributed by atoms with Crippen molar-refractivity contribution in [1.29, 1.82) is 0 Å². The molecule has 0 aromatic heterocycles. The first-order chi connectivity index (χ1) is 6.59. The molecule has 2 rings (SSSR count). The van der Waals surface area contributed by atoms with Crippen molar-refractivity contribution in [2.45, 2.75) is 19.1 Å². The number of aryl methyl sites for hydroxylation is 1. The first kappa shape index (κ1) is 9.49. The average molecular weight is 192 g/mol. The minimum atomic E-state index is -0.527. The molecule has 0 bridgehead atoms. The van der Waals surface area contributed by atoms with E-state index in [1.807, 2.05) is 26.1 Å². The summed E-state index contributed by atoms with van der Waals surface area (Å²) < 4.78 is 0. The van der Waals surface area contributed by atoms with E-state index in [9.17, 15) is 5.11 Å². The lowest BCUT2D eigenvalue weighted by atomic mass is 9.94. The molecule has 0 spiro atoms. The van der Waals surface area contributed by atoms with Gasteiger partial charge in [-0.05, 0) is 13.0 Å². The van der Waals surface area contributed by atoms with Crippen LogP contribution in [0.25, 0.3) is 0 Å². The van der Waals surface area contributed by atoms with E-state index in [4.69, 9.17) is 5.73 Å².